The average Bonchev–Trinajstić information content (AvgIpc) is 3.49. The van der Waals surface area contributed by atoms with E-state index in [0.717, 1.165) is 17.8 Å². The number of hydrogen-bond donors (Lipinski definition) is 0. The zero-order chi connectivity index (χ0) is 32.3. The average molecular weight is 617 g/mol. The van der Waals surface area contributed by atoms with E-state index in [-0.39, 0.29) is 0 Å². The van der Waals surface area contributed by atoms with Crippen LogP contribution >= 0.6 is 0 Å². The minimum absolute atomic E-state index is 0.850. The Morgan fingerprint density at radius 3 is 1.77 bits per heavy atom. The number of anilines is 2. The van der Waals surface area contributed by atoms with Gasteiger partial charge < -0.3 is 9.47 Å². The quantitative estimate of drug-likeness (QED) is 0.154. The van der Waals surface area contributed by atoms with Crippen molar-refractivity contribution in [2.45, 2.75) is 13.3 Å². The van der Waals surface area contributed by atoms with Gasteiger partial charge >= 0.3 is 0 Å². The summed E-state index contributed by atoms with van der Waals surface area (Å²) in [5.41, 5.74) is 10.8. The molecule has 8 rings (SSSR count). The Morgan fingerprint density at radius 2 is 1.10 bits per heavy atom. The van der Waals surface area contributed by atoms with Crippen LogP contribution in [-0.2, 0) is 6.42 Å². The monoisotopic (exact) mass is 616 g/mol. The third kappa shape index (κ3) is 5.48. The third-order valence-corrected chi connectivity index (χ3v) is 9.21. The molecule has 7 aromatic carbocycles. The molecular formula is C46H36N2. The van der Waals surface area contributed by atoms with Crippen molar-refractivity contribution in [3.63, 3.8) is 0 Å². The first-order valence-corrected chi connectivity index (χ1v) is 16.6. The summed E-state index contributed by atoms with van der Waals surface area (Å²) in [6, 6.07) is 61.0. The van der Waals surface area contributed by atoms with Crippen molar-refractivity contribution in [1.82, 2.24) is 4.57 Å². The first-order valence-electron chi connectivity index (χ1n) is 16.6. The molecule has 0 saturated carbocycles. The van der Waals surface area contributed by atoms with Crippen LogP contribution in [0.3, 0.4) is 0 Å². The van der Waals surface area contributed by atoms with Crippen LogP contribution in [0.25, 0.3) is 49.4 Å². The molecule has 0 amide bonds. The molecule has 2 heteroatoms. The van der Waals surface area contributed by atoms with Gasteiger partial charge in [0.25, 0.3) is 0 Å². The number of rotatable bonds is 8. The SMILES string of the molecule is C/C=C(\C=C/Cc1ccc(-c2ccc(-n3c4ccccc4c4ccccc43)cc2)cc1)N(c1ccccc1)c1cccc2ccccc12. The highest BCUT2D eigenvalue weighted by Crippen LogP contribution is 2.36. The van der Waals surface area contributed by atoms with Gasteiger partial charge in [0, 0.05) is 33.2 Å². The molecule has 0 saturated heterocycles. The van der Waals surface area contributed by atoms with Crippen LogP contribution in [0, 0.1) is 0 Å². The maximum Gasteiger partial charge on any atom is 0.0541 e. The predicted octanol–water partition coefficient (Wildman–Crippen LogP) is 12.4. The molecule has 0 spiro atoms. The maximum atomic E-state index is 2.36. The molecule has 0 atom stereocenters. The number of hydrogen-bond acceptors (Lipinski definition) is 1. The lowest BCUT2D eigenvalue weighted by Crippen LogP contribution is -2.15. The zero-order valence-electron chi connectivity index (χ0n) is 27.0. The molecule has 48 heavy (non-hydrogen) atoms. The zero-order valence-corrected chi connectivity index (χ0v) is 27.0. The summed E-state index contributed by atoms with van der Waals surface area (Å²) < 4.78 is 2.36. The first kappa shape index (κ1) is 29.3. The van der Waals surface area contributed by atoms with Crippen LogP contribution < -0.4 is 4.90 Å². The smallest absolute Gasteiger partial charge is 0.0541 e. The summed E-state index contributed by atoms with van der Waals surface area (Å²) in [7, 11) is 0. The van der Waals surface area contributed by atoms with E-state index in [0.29, 0.717) is 0 Å². The second kappa shape index (κ2) is 12.9. The van der Waals surface area contributed by atoms with Gasteiger partial charge in [0.05, 0.1) is 16.7 Å². The van der Waals surface area contributed by atoms with Crippen LogP contribution in [-0.4, -0.2) is 4.57 Å². The highest BCUT2D eigenvalue weighted by Gasteiger charge is 2.15. The van der Waals surface area contributed by atoms with Gasteiger partial charge in [-0.05, 0) is 84.0 Å². The van der Waals surface area contributed by atoms with E-state index in [9.17, 15) is 0 Å². The van der Waals surface area contributed by atoms with E-state index < -0.39 is 0 Å². The molecule has 8 aromatic rings. The van der Waals surface area contributed by atoms with Crippen LogP contribution in [0.5, 0.6) is 0 Å². The summed E-state index contributed by atoms with van der Waals surface area (Å²) >= 11 is 0. The van der Waals surface area contributed by atoms with Crippen molar-refractivity contribution < 1.29 is 0 Å². The highest BCUT2D eigenvalue weighted by atomic mass is 15.1. The molecule has 0 bridgehead atoms. The van der Waals surface area contributed by atoms with Crippen molar-refractivity contribution in [1.29, 1.82) is 0 Å². The molecule has 0 aliphatic heterocycles. The van der Waals surface area contributed by atoms with Gasteiger partial charge in [0.2, 0.25) is 0 Å². The lowest BCUT2D eigenvalue weighted by atomic mass is 10.0. The topological polar surface area (TPSA) is 8.17 Å². The summed E-state index contributed by atoms with van der Waals surface area (Å²) in [6.07, 6.45) is 7.56. The van der Waals surface area contributed by atoms with E-state index in [1.807, 2.05) is 0 Å². The van der Waals surface area contributed by atoms with Gasteiger partial charge in [-0.25, -0.2) is 0 Å². The first-order chi connectivity index (χ1) is 23.8. The lowest BCUT2D eigenvalue weighted by molar-refractivity contribution is 1.18. The number of nitrogens with zero attached hydrogens (tertiary/aromatic N) is 2. The number of para-hydroxylation sites is 3. The fourth-order valence-electron chi connectivity index (χ4n) is 6.86. The second-order valence-electron chi connectivity index (χ2n) is 12.1. The fourth-order valence-corrected chi connectivity index (χ4v) is 6.86. The van der Waals surface area contributed by atoms with Gasteiger partial charge in [-0.3, -0.25) is 0 Å². The molecule has 0 N–H and O–H groups in total. The molecular weight excluding hydrogens is 581 g/mol. The third-order valence-electron chi connectivity index (χ3n) is 9.21. The number of benzene rings is 7. The fraction of sp³-hybridized carbons (Fsp3) is 0.0435. The van der Waals surface area contributed by atoms with E-state index in [4.69, 9.17) is 0 Å². The van der Waals surface area contributed by atoms with Gasteiger partial charge in [0.1, 0.15) is 0 Å². The van der Waals surface area contributed by atoms with Gasteiger partial charge in [-0.15, -0.1) is 0 Å². The number of aromatic nitrogens is 1. The normalized spacial score (nSPS) is 12.0. The Balaban J connectivity index is 1.02. The number of allylic oxidation sites excluding steroid dienone is 3. The van der Waals surface area contributed by atoms with Crippen LogP contribution in [0.1, 0.15) is 12.5 Å². The highest BCUT2D eigenvalue weighted by molar-refractivity contribution is 6.09. The lowest BCUT2D eigenvalue weighted by Gasteiger charge is -2.27. The van der Waals surface area contributed by atoms with E-state index in [1.54, 1.807) is 0 Å². The largest absolute Gasteiger partial charge is 0.310 e. The van der Waals surface area contributed by atoms with Crippen LogP contribution in [0.15, 0.2) is 194 Å². The minimum atomic E-state index is 0.850. The Labute approximate surface area is 282 Å². The van der Waals surface area contributed by atoms with E-state index in [2.05, 4.69) is 204 Å². The molecule has 230 valence electrons. The van der Waals surface area contributed by atoms with Crippen LogP contribution in [0.4, 0.5) is 11.4 Å². The Hall–Kier alpha value is -6.12. The molecule has 1 aromatic heterocycles. The van der Waals surface area contributed by atoms with Crippen LogP contribution in [0.2, 0.25) is 0 Å². The van der Waals surface area contributed by atoms with Crippen molar-refractivity contribution in [3.8, 4) is 16.8 Å². The summed E-state index contributed by atoms with van der Waals surface area (Å²) in [4.78, 5) is 2.35. The molecule has 0 radical (unpaired) electrons. The van der Waals surface area contributed by atoms with Gasteiger partial charge in [0.15, 0.2) is 0 Å². The maximum absolute atomic E-state index is 2.36. The van der Waals surface area contributed by atoms with Crippen molar-refractivity contribution in [2.24, 2.45) is 0 Å². The van der Waals surface area contributed by atoms with Gasteiger partial charge in [-0.1, -0.05) is 140 Å². The molecule has 0 unspecified atom stereocenters. The van der Waals surface area contributed by atoms with E-state index in [1.165, 1.54) is 60.6 Å². The predicted molar refractivity (Wildman–Crippen MR) is 205 cm³/mol. The standard InChI is InChI=1S/C46H36N2/c1-2-38(47(39-17-4-3-5-18-39)44-25-13-16-37-15-6-7-20-41(37)44)19-12-14-34-26-28-35(29-27-34)36-30-32-40(33-31-36)48-45-23-10-8-21-42(45)43-22-9-11-24-46(43)48/h2-13,15-33H,14H2,1H3/b19-12-,38-2+. The number of fused-ring (bicyclic) bond motifs is 4. The van der Waals surface area contributed by atoms with Crippen molar-refractivity contribution >= 4 is 44.0 Å². The van der Waals surface area contributed by atoms with Gasteiger partial charge in [-0.2, -0.15) is 0 Å². The molecule has 2 nitrogen and oxygen atoms in total. The molecule has 0 aliphatic carbocycles. The summed E-state index contributed by atoms with van der Waals surface area (Å²) in [5, 5.41) is 5.03. The molecule has 0 fully saturated rings. The Bertz CT molecular complexity index is 2350. The minimum Gasteiger partial charge on any atom is -0.310 e. The molecule has 1 heterocycles. The Kier molecular flexibility index (Phi) is 7.90. The Morgan fingerprint density at radius 1 is 0.542 bits per heavy atom. The summed E-state index contributed by atoms with van der Waals surface area (Å²) in [6.45, 7) is 2.11. The van der Waals surface area contributed by atoms with E-state index >= 15 is 0 Å². The summed E-state index contributed by atoms with van der Waals surface area (Å²) in [5.74, 6) is 0. The molecule has 0 aliphatic rings. The van der Waals surface area contributed by atoms with Crippen molar-refractivity contribution in [2.75, 3.05) is 4.90 Å². The second-order valence-corrected chi connectivity index (χ2v) is 12.1. The van der Waals surface area contributed by atoms with Crippen molar-refractivity contribution in [3.05, 3.63) is 199 Å².